The predicted octanol–water partition coefficient (Wildman–Crippen LogP) is 4.30. The zero-order valence-corrected chi connectivity index (χ0v) is 13.2. The lowest BCUT2D eigenvalue weighted by Gasteiger charge is -2.48. The molecule has 3 aliphatic rings. The summed E-state index contributed by atoms with van der Waals surface area (Å²) in [5.74, 6) is 2.12. The van der Waals surface area contributed by atoms with Crippen LogP contribution in [-0.2, 0) is 4.74 Å². The molecule has 0 aromatic heterocycles. The minimum absolute atomic E-state index is 0.0402. The summed E-state index contributed by atoms with van der Waals surface area (Å²) in [5.41, 5.74) is 0.194. The Labute approximate surface area is 124 Å². The molecule has 0 bridgehead atoms. The van der Waals surface area contributed by atoms with Crippen LogP contribution in [0.25, 0.3) is 0 Å². The summed E-state index contributed by atoms with van der Waals surface area (Å²) in [6.45, 7) is 3.25. The molecule has 4 unspecified atom stereocenters. The Morgan fingerprint density at radius 1 is 1.10 bits per heavy atom. The van der Waals surface area contributed by atoms with Gasteiger partial charge in [0.15, 0.2) is 0 Å². The van der Waals surface area contributed by atoms with E-state index < -0.39 is 0 Å². The molecule has 1 N–H and O–H groups in total. The summed E-state index contributed by atoms with van der Waals surface area (Å²) in [4.78, 5) is 0. The first-order valence-electron chi connectivity index (χ1n) is 9.04. The van der Waals surface area contributed by atoms with Crippen LogP contribution in [0.3, 0.4) is 0 Å². The third-order valence-electron chi connectivity index (χ3n) is 6.45. The fourth-order valence-corrected chi connectivity index (χ4v) is 5.13. The largest absolute Gasteiger partial charge is 0.393 e. The standard InChI is InChI=1S/C18H32O2/c1-2-14-6-7-17(19)16(12-14)15-8-11-20-18(13-15)9-4-3-5-10-18/h14-17,19H,2-13H2,1H3. The summed E-state index contributed by atoms with van der Waals surface area (Å²) >= 11 is 0. The number of aliphatic hydroxyl groups excluding tert-OH is 1. The van der Waals surface area contributed by atoms with Crippen LogP contribution in [0.4, 0.5) is 0 Å². The van der Waals surface area contributed by atoms with Crippen molar-refractivity contribution in [3.8, 4) is 0 Å². The lowest BCUT2D eigenvalue weighted by atomic mass is 9.66. The molecule has 2 heteroatoms. The highest BCUT2D eigenvalue weighted by molar-refractivity contribution is 4.94. The van der Waals surface area contributed by atoms with Crippen LogP contribution in [-0.4, -0.2) is 23.4 Å². The Balaban J connectivity index is 1.66. The average Bonchev–Trinajstić information content (AvgIpc) is 2.48. The monoisotopic (exact) mass is 280 g/mol. The van der Waals surface area contributed by atoms with E-state index in [-0.39, 0.29) is 11.7 Å². The maximum Gasteiger partial charge on any atom is 0.0685 e. The molecule has 2 saturated carbocycles. The van der Waals surface area contributed by atoms with E-state index in [1.807, 2.05) is 0 Å². The van der Waals surface area contributed by atoms with Gasteiger partial charge in [-0.25, -0.2) is 0 Å². The number of rotatable bonds is 2. The van der Waals surface area contributed by atoms with Gasteiger partial charge in [0.2, 0.25) is 0 Å². The first-order valence-corrected chi connectivity index (χ1v) is 9.04. The van der Waals surface area contributed by atoms with Gasteiger partial charge in [0.25, 0.3) is 0 Å². The van der Waals surface area contributed by atoms with Crippen molar-refractivity contribution >= 4 is 0 Å². The molecule has 4 atom stereocenters. The highest BCUT2D eigenvalue weighted by Gasteiger charge is 2.43. The van der Waals surface area contributed by atoms with Gasteiger partial charge in [-0.3, -0.25) is 0 Å². The zero-order chi connectivity index (χ0) is 14.0. The Hall–Kier alpha value is -0.0800. The molecule has 2 nitrogen and oxygen atoms in total. The van der Waals surface area contributed by atoms with E-state index in [1.165, 1.54) is 64.2 Å². The maximum atomic E-state index is 10.5. The van der Waals surface area contributed by atoms with Crippen LogP contribution in [0.5, 0.6) is 0 Å². The van der Waals surface area contributed by atoms with Crippen LogP contribution >= 0.6 is 0 Å². The molecule has 3 rings (SSSR count). The molecule has 1 spiro atoms. The van der Waals surface area contributed by atoms with Gasteiger partial charge in [-0.15, -0.1) is 0 Å². The maximum absolute atomic E-state index is 10.5. The van der Waals surface area contributed by atoms with Crippen molar-refractivity contribution in [3.05, 3.63) is 0 Å². The van der Waals surface area contributed by atoms with E-state index in [9.17, 15) is 5.11 Å². The van der Waals surface area contributed by atoms with Gasteiger partial charge in [0, 0.05) is 6.61 Å². The second kappa shape index (κ2) is 6.36. The summed E-state index contributed by atoms with van der Waals surface area (Å²) in [6, 6.07) is 0. The number of aliphatic hydroxyl groups is 1. The highest BCUT2D eigenvalue weighted by atomic mass is 16.5. The van der Waals surface area contributed by atoms with Crippen LogP contribution in [0, 0.1) is 17.8 Å². The molecule has 1 aliphatic heterocycles. The lowest BCUT2D eigenvalue weighted by Crippen LogP contribution is -2.46. The van der Waals surface area contributed by atoms with Crippen LogP contribution in [0.1, 0.15) is 77.6 Å². The Morgan fingerprint density at radius 3 is 2.65 bits per heavy atom. The Morgan fingerprint density at radius 2 is 1.90 bits per heavy atom. The molecule has 0 amide bonds. The van der Waals surface area contributed by atoms with Gasteiger partial charge >= 0.3 is 0 Å². The van der Waals surface area contributed by atoms with Crippen molar-refractivity contribution in [2.45, 2.75) is 89.3 Å². The van der Waals surface area contributed by atoms with Gasteiger partial charge in [0.1, 0.15) is 0 Å². The summed E-state index contributed by atoms with van der Waals surface area (Å²) in [7, 11) is 0. The van der Waals surface area contributed by atoms with E-state index in [1.54, 1.807) is 0 Å². The lowest BCUT2D eigenvalue weighted by molar-refractivity contribution is -0.137. The first kappa shape index (κ1) is 14.8. The molecule has 20 heavy (non-hydrogen) atoms. The minimum Gasteiger partial charge on any atom is -0.393 e. The summed E-state index contributed by atoms with van der Waals surface area (Å²) < 4.78 is 6.23. The number of ether oxygens (including phenoxy) is 1. The molecule has 0 aromatic rings. The second-order valence-electron chi connectivity index (χ2n) is 7.66. The van der Waals surface area contributed by atoms with E-state index in [2.05, 4.69) is 6.92 Å². The Bertz CT molecular complexity index is 303. The van der Waals surface area contributed by atoms with Crippen molar-refractivity contribution in [1.29, 1.82) is 0 Å². The zero-order valence-electron chi connectivity index (χ0n) is 13.2. The fourth-order valence-electron chi connectivity index (χ4n) is 5.13. The molecule has 1 saturated heterocycles. The van der Waals surface area contributed by atoms with Crippen LogP contribution < -0.4 is 0 Å². The van der Waals surface area contributed by atoms with Crippen molar-refractivity contribution in [2.75, 3.05) is 6.61 Å². The first-order chi connectivity index (χ1) is 9.72. The third kappa shape index (κ3) is 3.06. The van der Waals surface area contributed by atoms with Crippen LogP contribution in [0.2, 0.25) is 0 Å². The van der Waals surface area contributed by atoms with Gasteiger partial charge in [-0.05, 0) is 62.7 Å². The van der Waals surface area contributed by atoms with Crippen LogP contribution in [0.15, 0.2) is 0 Å². The van der Waals surface area contributed by atoms with E-state index in [0.29, 0.717) is 11.8 Å². The van der Waals surface area contributed by atoms with Gasteiger partial charge < -0.3 is 9.84 Å². The molecule has 0 aromatic carbocycles. The molecule has 0 radical (unpaired) electrons. The topological polar surface area (TPSA) is 29.5 Å². The highest BCUT2D eigenvalue weighted by Crippen LogP contribution is 2.46. The summed E-state index contributed by atoms with van der Waals surface area (Å²) in [5, 5.41) is 10.5. The van der Waals surface area contributed by atoms with Gasteiger partial charge in [0.05, 0.1) is 11.7 Å². The predicted molar refractivity (Wildman–Crippen MR) is 81.6 cm³/mol. The fraction of sp³-hybridized carbons (Fsp3) is 1.00. The Kier molecular flexibility index (Phi) is 4.72. The normalized spacial score (nSPS) is 41.7. The van der Waals surface area contributed by atoms with E-state index >= 15 is 0 Å². The molecular formula is C18H32O2. The minimum atomic E-state index is -0.0402. The number of hydrogen-bond acceptors (Lipinski definition) is 2. The van der Waals surface area contributed by atoms with Crippen molar-refractivity contribution < 1.29 is 9.84 Å². The summed E-state index contributed by atoms with van der Waals surface area (Å²) in [6.07, 6.45) is 13.8. The average molecular weight is 280 g/mol. The molecule has 2 aliphatic carbocycles. The smallest absolute Gasteiger partial charge is 0.0685 e. The van der Waals surface area contributed by atoms with E-state index in [4.69, 9.17) is 4.74 Å². The quantitative estimate of drug-likeness (QED) is 0.817. The molecular weight excluding hydrogens is 248 g/mol. The van der Waals surface area contributed by atoms with E-state index in [0.717, 1.165) is 18.9 Å². The molecule has 116 valence electrons. The van der Waals surface area contributed by atoms with Gasteiger partial charge in [-0.2, -0.15) is 0 Å². The van der Waals surface area contributed by atoms with Gasteiger partial charge in [-0.1, -0.05) is 32.6 Å². The number of hydrogen-bond donors (Lipinski definition) is 1. The SMILES string of the molecule is CCC1CCC(O)C(C2CCOC3(CCCCC3)C2)C1. The molecule has 1 heterocycles. The van der Waals surface area contributed by atoms with Crippen molar-refractivity contribution in [3.63, 3.8) is 0 Å². The molecule has 3 fully saturated rings. The second-order valence-corrected chi connectivity index (χ2v) is 7.66. The van der Waals surface area contributed by atoms with Crippen molar-refractivity contribution in [1.82, 2.24) is 0 Å². The van der Waals surface area contributed by atoms with Crippen molar-refractivity contribution in [2.24, 2.45) is 17.8 Å². The third-order valence-corrected chi connectivity index (χ3v) is 6.45.